The van der Waals surface area contributed by atoms with Gasteiger partial charge in [0.25, 0.3) is 0 Å². The van der Waals surface area contributed by atoms with E-state index in [1.165, 1.54) is 5.57 Å². The lowest BCUT2D eigenvalue weighted by molar-refractivity contribution is -0.157. The summed E-state index contributed by atoms with van der Waals surface area (Å²) in [6.45, 7) is 6.21. The van der Waals surface area contributed by atoms with E-state index < -0.39 is 0 Å². The van der Waals surface area contributed by atoms with Crippen LogP contribution in [0.5, 0.6) is 0 Å². The Kier molecular flexibility index (Phi) is 3.77. The Hall–Kier alpha value is -0.990. The number of ether oxygens (including phenoxy) is 2. The Bertz CT molecular complexity index is 258. The molecule has 1 fully saturated rings. The molecule has 1 aliphatic rings. The molecule has 0 aromatic carbocycles. The number of carbonyl (C=O) groups excluding carboxylic acids is 1. The van der Waals surface area contributed by atoms with E-state index >= 15 is 0 Å². The van der Waals surface area contributed by atoms with Crippen molar-refractivity contribution in [2.75, 3.05) is 13.7 Å². The van der Waals surface area contributed by atoms with Gasteiger partial charge in [0, 0.05) is 0 Å². The average Bonchev–Trinajstić information content (AvgIpc) is 2.10. The van der Waals surface area contributed by atoms with E-state index in [-0.39, 0.29) is 11.4 Å². The van der Waals surface area contributed by atoms with E-state index in [0.29, 0.717) is 12.5 Å². The van der Waals surface area contributed by atoms with Gasteiger partial charge < -0.3 is 9.47 Å². The molecule has 15 heavy (non-hydrogen) atoms. The highest BCUT2D eigenvalue weighted by molar-refractivity contribution is 5.76. The van der Waals surface area contributed by atoms with Crippen LogP contribution in [-0.2, 0) is 14.3 Å². The minimum Gasteiger partial charge on any atom is -0.504 e. The van der Waals surface area contributed by atoms with Gasteiger partial charge in [-0.3, -0.25) is 4.79 Å². The summed E-state index contributed by atoms with van der Waals surface area (Å²) >= 11 is 0. The maximum atomic E-state index is 11.7. The quantitative estimate of drug-likeness (QED) is 0.530. The smallest absolute Gasteiger partial charge is 0.311 e. The van der Waals surface area contributed by atoms with Crippen molar-refractivity contribution in [1.29, 1.82) is 0 Å². The molecule has 86 valence electrons. The van der Waals surface area contributed by atoms with Gasteiger partial charge in [0.2, 0.25) is 0 Å². The zero-order valence-electron chi connectivity index (χ0n) is 10.0. The summed E-state index contributed by atoms with van der Waals surface area (Å²) in [5.41, 5.74) is 0.904. The SMILES string of the molecule is CCOC(=O)C(C)(C)C1CC(=COC)C1. The predicted octanol–water partition coefficient (Wildman–Crippen LogP) is 2.52. The summed E-state index contributed by atoms with van der Waals surface area (Å²) < 4.78 is 10.0. The van der Waals surface area contributed by atoms with Gasteiger partial charge in [-0.15, -0.1) is 0 Å². The zero-order chi connectivity index (χ0) is 11.5. The number of rotatable bonds is 4. The second-order valence-corrected chi connectivity index (χ2v) is 4.56. The van der Waals surface area contributed by atoms with Gasteiger partial charge in [-0.25, -0.2) is 0 Å². The molecule has 0 amide bonds. The fraction of sp³-hybridized carbons (Fsp3) is 0.750. The van der Waals surface area contributed by atoms with Crippen LogP contribution in [0, 0.1) is 11.3 Å². The molecule has 3 heteroatoms. The van der Waals surface area contributed by atoms with Crippen molar-refractivity contribution in [3.8, 4) is 0 Å². The molecule has 0 spiro atoms. The molecule has 0 saturated heterocycles. The summed E-state index contributed by atoms with van der Waals surface area (Å²) in [6, 6.07) is 0. The Morgan fingerprint density at radius 3 is 2.60 bits per heavy atom. The number of carbonyl (C=O) groups is 1. The second kappa shape index (κ2) is 4.69. The monoisotopic (exact) mass is 212 g/mol. The fourth-order valence-electron chi connectivity index (χ4n) is 1.83. The first kappa shape index (κ1) is 12.1. The first-order valence-corrected chi connectivity index (χ1v) is 5.40. The number of allylic oxidation sites excluding steroid dienone is 1. The Labute approximate surface area is 91.4 Å². The largest absolute Gasteiger partial charge is 0.504 e. The Morgan fingerprint density at radius 2 is 2.13 bits per heavy atom. The highest BCUT2D eigenvalue weighted by Crippen LogP contribution is 2.45. The van der Waals surface area contributed by atoms with Crippen LogP contribution in [0.25, 0.3) is 0 Å². The van der Waals surface area contributed by atoms with Crippen molar-refractivity contribution in [1.82, 2.24) is 0 Å². The van der Waals surface area contributed by atoms with E-state index in [2.05, 4.69) is 0 Å². The van der Waals surface area contributed by atoms with Crippen LogP contribution < -0.4 is 0 Å². The van der Waals surface area contributed by atoms with Gasteiger partial charge in [-0.05, 0) is 45.1 Å². The van der Waals surface area contributed by atoms with Crippen LogP contribution in [0.1, 0.15) is 33.6 Å². The standard InChI is InChI=1S/C12H20O3/c1-5-15-11(13)12(2,3)10-6-9(7-10)8-14-4/h8,10H,5-7H2,1-4H3. The van der Waals surface area contributed by atoms with Gasteiger partial charge in [-0.1, -0.05) is 0 Å². The molecule has 1 rings (SSSR count). The molecule has 0 aliphatic heterocycles. The maximum absolute atomic E-state index is 11.7. The summed E-state index contributed by atoms with van der Waals surface area (Å²) in [6.07, 6.45) is 3.66. The van der Waals surface area contributed by atoms with E-state index in [4.69, 9.17) is 9.47 Å². The number of hydrogen-bond donors (Lipinski definition) is 0. The molecule has 0 N–H and O–H groups in total. The lowest BCUT2D eigenvalue weighted by Gasteiger charge is -2.39. The summed E-state index contributed by atoms with van der Waals surface area (Å²) in [5, 5.41) is 0. The number of methoxy groups -OCH3 is 1. The normalized spacial score (nSPS) is 20.5. The van der Waals surface area contributed by atoms with Crippen molar-refractivity contribution >= 4 is 5.97 Å². The van der Waals surface area contributed by atoms with Gasteiger partial charge in [-0.2, -0.15) is 0 Å². The average molecular weight is 212 g/mol. The first-order chi connectivity index (χ1) is 7.02. The van der Waals surface area contributed by atoms with Gasteiger partial charge in [0.1, 0.15) is 0 Å². The van der Waals surface area contributed by atoms with Gasteiger partial charge >= 0.3 is 5.97 Å². The predicted molar refractivity (Wildman–Crippen MR) is 58.2 cm³/mol. The minimum atomic E-state index is -0.374. The summed E-state index contributed by atoms with van der Waals surface area (Å²) in [4.78, 5) is 11.7. The molecule has 0 aromatic heterocycles. The van der Waals surface area contributed by atoms with Crippen LogP contribution in [0.15, 0.2) is 11.8 Å². The van der Waals surface area contributed by atoms with Crippen molar-refractivity contribution in [3.63, 3.8) is 0 Å². The molecule has 0 bridgehead atoms. The van der Waals surface area contributed by atoms with Crippen LogP contribution in [0.4, 0.5) is 0 Å². The maximum Gasteiger partial charge on any atom is 0.311 e. The van der Waals surface area contributed by atoms with Crippen LogP contribution >= 0.6 is 0 Å². The molecule has 0 atom stereocenters. The lowest BCUT2D eigenvalue weighted by Crippen LogP contribution is -2.39. The fourth-order valence-corrected chi connectivity index (χ4v) is 1.83. The highest BCUT2D eigenvalue weighted by Gasteiger charge is 2.43. The van der Waals surface area contributed by atoms with Crippen molar-refractivity contribution in [2.24, 2.45) is 11.3 Å². The molecule has 0 heterocycles. The second-order valence-electron chi connectivity index (χ2n) is 4.56. The van der Waals surface area contributed by atoms with Crippen LogP contribution in [0.2, 0.25) is 0 Å². The molecule has 1 aliphatic carbocycles. The Balaban J connectivity index is 2.51. The van der Waals surface area contributed by atoms with E-state index in [1.807, 2.05) is 20.8 Å². The molecular formula is C12H20O3. The van der Waals surface area contributed by atoms with Crippen LogP contribution in [0.3, 0.4) is 0 Å². The van der Waals surface area contributed by atoms with E-state index in [0.717, 1.165) is 12.8 Å². The molecule has 3 nitrogen and oxygen atoms in total. The van der Waals surface area contributed by atoms with Crippen molar-refractivity contribution in [3.05, 3.63) is 11.8 Å². The number of esters is 1. The first-order valence-electron chi connectivity index (χ1n) is 5.40. The zero-order valence-corrected chi connectivity index (χ0v) is 10.0. The topological polar surface area (TPSA) is 35.5 Å². The van der Waals surface area contributed by atoms with Crippen molar-refractivity contribution < 1.29 is 14.3 Å². The van der Waals surface area contributed by atoms with Gasteiger partial charge in [0.15, 0.2) is 0 Å². The Morgan fingerprint density at radius 1 is 1.53 bits per heavy atom. The van der Waals surface area contributed by atoms with Crippen LogP contribution in [-0.4, -0.2) is 19.7 Å². The highest BCUT2D eigenvalue weighted by atomic mass is 16.5. The van der Waals surface area contributed by atoms with E-state index in [1.54, 1.807) is 13.4 Å². The number of hydrogen-bond acceptors (Lipinski definition) is 3. The molecular weight excluding hydrogens is 192 g/mol. The molecule has 0 radical (unpaired) electrons. The molecule has 0 unspecified atom stereocenters. The van der Waals surface area contributed by atoms with E-state index in [9.17, 15) is 4.79 Å². The lowest BCUT2D eigenvalue weighted by atomic mass is 9.65. The minimum absolute atomic E-state index is 0.0912. The third kappa shape index (κ3) is 2.52. The van der Waals surface area contributed by atoms with Crippen molar-refractivity contribution in [2.45, 2.75) is 33.6 Å². The molecule has 0 aromatic rings. The summed E-state index contributed by atoms with van der Waals surface area (Å²) in [7, 11) is 1.65. The molecule has 1 saturated carbocycles. The van der Waals surface area contributed by atoms with Gasteiger partial charge in [0.05, 0.1) is 25.4 Å². The summed E-state index contributed by atoms with van der Waals surface area (Å²) in [5.74, 6) is 0.296. The third-order valence-corrected chi connectivity index (χ3v) is 3.12. The third-order valence-electron chi connectivity index (χ3n) is 3.12.